The minimum atomic E-state index is -0.423. The summed E-state index contributed by atoms with van der Waals surface area (Å²) in [5.74, 6) is 0.415. The van der Waals surface area contributed by atoms with Gasteiger partial charge in [0, 0.05) is 24.9 Å². The van der Waals surface area contributed by atoms with Crippen LogP contribution in [0.1, 0.15) is 12.5 Å². The van der Waals surface area contributed by atoms with Crippen molar-refractivity contribution in [2.45, 2.75) is 13.8 Å². The highest BCUT2D eigenvalue weighted by Gasteiger charge is 2.05. The van der Waals surface area contributed by atoms with Gasteiger partial charge in [-0.3, -0.25) is 10.1 Å². The molecule has 0 radical (unpaired) electrons. The van der Waals surface area contributed by atoms with Gasteiger partial charge >= 0.3 is 12.0 Å². The number of rotatable bonds is 3. The number of pyridine rings is 1. The summed E-state index contributed by atoms with van der Waals surface area (Å²) in [6, 6.07) is 9.74. The van der Waals surface area contributed by atoms with E-state index < -0.39 is 12.0 Å². The summed E-state index contributed by atoms with van der Waals surface area (Å²) in [6.07, 6.45) is 1.62. The highest BCUT2D eigenvalue weighted by atomic mass is 16.5. The van der Waals surface area contributed by atoms with Crippen LogP contribution < -0.4 is 15.4 Å². The Morgan fingerprint density at radius 3 is 2.67 bits per heavy atom. The zero-order valence-corrected chi connectivity index (χ0v) is 11.7. The number of benzene rings is 1. The number of carbonyl (C=O) groups excluding carboxylic acids is 2. The van der Waals surface area contributed by atoms with Gasteiger partial charge in [0.15, 0.2) is 0 Å². The Bertz CT molecular complexity index is 671. The Morgan fingerprint density at radius 1 is 1.14 bits per heavy atom. The molecule has 1 aromatic carbocycles. The van der Waals surface area contributed by atoms with E-state index in [1.165, 1.54) is 6.92 Å². The number of nitrogens with zero attached hydrogens (tertiary/aromatic N) is 1. The molecule has 0 aliphatic heterocycles. The standard InChI is InChI=1S/C15H15N3O3/c1-10-6-7-16-14(8-10)18-15(20)17-12-4-3-5-13(9-12)21-11(2)19/h3-9H,1-2H3,(H2,16,17,18,20). The van der Waals surface area contributed by atoms with Crippen LogP contribution >= 0.6 is 0 Å². The third-order valence-electron chi connectivity index (χ3n) is 2.51. The second-order valence-corrected chi connectivity index (χ2v) is 4.42. The highest BCUT2D eigenvalue weighted by molar-refractivity contribution is 5.99. The van der Waals surface area contributed by atoms with Crippen molar-refractivity contribution in [3.8, 4) is 5.75 Å². The molecule has 0 spiro atoms. The summed E-state index contributed by atoms with van der Waals surface area (Å²) < 4.78 is 4.95. The van der Waals surface area contributed by atoms with Gasteiger partial charge in [0.2, 0.25) is 0 Å². The molecule has 108 valence electrons. The molecule has 0 aliphatic carbocycles. The first-order valence-electron chi connectivity index (χ1n) is 6.32. The van der Waals surface area contributed by atoms with Gasteiger partial charge in [-0.2, -0.15) is 0 Å². The lowest BCUT2D eigenvalue weighted by molar-refractivity contribution is -0.131. The van der Waals surface area contributed by atoms with E-state index in [0.717, 1.165) is 5.56 Å². The van der Waals surface area contributed by atoms with Crippen molar-refractivity contribution < 1.29 is 14.3 Å². The number of esters is 1. The van der Waals surface area contributed by atoms with E-state index in [0.29, 0.717) is 17.3 Å². The van der Waals surface area contributed by atoms with Crippen LogP contribution in [0.25, 0.3) is 0 Å². The lowest BCUT2D eigenvalue weighted by atomic mass is 10.3. The maximum atomic E-state index is 11.9. The van der Waals surface area contributed by atoms with Crippen molar-refractivity contribution >= 4 is 23.5 Å². The highest BCUT2D eigenvalue weighted by Crippen LogP contribution is 2.17. The van der Waals surface area contributed by atoms with Crippen molar-refractivity contribution in [1.82, 2.24) is 4.98 Å². The fourth-order valence-corrected chi connectivity index (χ4v) is 1.69. The maximum Gasteiger partial charge on any atom is 0.324 e. The third kappa shape index (κ3) is 4.61. The predicted octanol–water partition coefficient (Wildman–Crippen LogP) is 2.96. The number of aryl methyl sites for hydroxylation is 1. The molecule has 2 rings (SSSR count). The van der Waals surface area contributed by atoms with E-state index in [-0.39, 0.29) is 0 Å². The molecule has 0 bridgehead atoms. The molecule has 0 saturated heterocycles. The number of amides is 2. The number of ether oxygens (including phenoxy) is 1. The van der Waals surface area contributed by atoms with E-state index in [4.69, 9.17) is 4.74 Å². The monoisotopic (exact) mass is 285 g/mol. The van der Waals surface area contributed by atoms with Gasteiger partial charge in [0.05, 0.1) is 0 Å². The number of carbonyl (C=O) groups is 2. The van der Waals surface area contributed by atoms with Crippen LogP contribution in [0.3, 0.4) is 0 Å². The Balaban J connectivity index is 2.01. The van der Waals surface area contributed by atoms with Gasteiger partial charge in [0.1, 0.15) is 11.6 Å². The molecular weight excluding hydrogens is 270 g/mol. The minimum Gasteiger partial charge on any atom is -0.427 e. The Labute approximate surface area is 122 Å². The van der Waals surface area contributed by atoms with Crippen molar-refractivity contribution in [1.29, 1.82) is 0 Å². The second-order valence-electron chi connectivity index (χ2n) is 4.42. The van der Waals surface area contributed by atoms with Crippen LogP contribution in [-0.4, -0.2) is 17.0 Å². The average molecular weight is 285 g/mol. The summed E-state index contributed by atoms with van der Waals surface area (Å²) >= 11 is 0. The molecule has 0 atom stereocenters. The van der Waals surface area contributed by atoms with Gasteiger partial charge in [-0.15, -0.1) is 0 Å². The summed E-state index contributed by atoms with van der Waals surface area (Å²) in [5.41, 5.74) is 1.51. The number of aromatic nitrogens is 1. The summed E-state index contributed by atoms with van der Waals surface area (Å²) in [4.78, 5) is 26.8. The summed E-state index contributed by atoms with van der Waals surface area (Å²) in [6.45, 7) is 3.23. The molecule has 6 nitrogen and oxygen atoms in total. The quantitative estimate of drug-likeness (QED) is 0.671. The van der Waals surface area contributed by atoms with E-state index in [9.17, 15) is 9.59 Å². The Hall–Kier alpha value is -2.89. The molecule has 1 aromatic heterocycles. The van der Waals surface area contributed by atoms with Crippen LogP contribution in [-0.2, 0) is 4.79 Å². The zero-order valence-electron chi connectivity index (χ0n) is 11.7. The molecule has 2 amide bonds. The average Bonchev–Trinajstić information content (AvgIpc) is 2.37. The van der Waals surface area contributed by atoms with Gasteiger partial charge in [0.25, 0.3) is 0 Å². The van der Waals surface area contributed by atoms with Crippen LogP contribution in [0.2, 0.25) is 0 Å². The molecule has 0 fully saturated rings. The van der Waals surface area contributed by atoms with Crippen LogP contribution in [0, 0.1) is 6.92 Å². The van der Waals surface area contributed by atoms with Gasteiger partial charge in [-0.05, 0) is 36.8 Å². The molecule has 2 N–H and O–H groups in total. The molecule has 0 saturated carbocycles. The first kappa shape index (κ1) is 14.5. The number of anilines is 2. The first-order valence-corrected chi connectivity index (χ1v) is 6.32. The number of hydrogen-bond donors (Lipinski definition) is 2. The lowest BCUT2D eigenvalue weighted by Gasteiger charge is -2.08. The summed E-state index contributed by atoms with van der Waals surface area (Å²) in [5, 5.41) is 5.26. The SMILES string of the molecule is CC(=O)Oc1cccc(NC(=O)Nc2cc(C)ccn2)c1. The van der Waals surface area contributed by atoms with E-state index >= 15 is 0 Å². The normalized spacial score (nSPS) is 9.81. The largest absolute Gasteiger partial charge is 0.427 e. The fraction of sp³-hybridized carbons (Fsp3) is 0.133. The van der Waals surface area contributed by atoms with Crippen molar-refractivity contribution in [3.05, 3.63) is 48.2 Å². The smallest absolute Gasteiger partial charge is 0.324 e. The van der Waals surface area contributed by atoms with E-state index in [1.807, 2.05) is 13.0 Å². The number of urea groups is 1. The zero-order chi connectivity index (χ0) is 15.2. The maximum absolute atomic E-state index is 11.9. The third-order valence-corrected chi connectivity index (χ3v) is 2.51. The molecular formula is C15H15N3O3. The Kier molecular flexibility index (Phi) is 4.50. The lowest BCUT2D eigenvalue weighted by Crippen LogP contribution is -2.20. The molecule has 21 heavy (non-hydrogen) atoms. The minimum absolute atomic E-state index is 0.369. The molecule has 0 aliphatic rings. The van der Waals surface area contributed by atoms with Gasteiger partial charge < -0.3 is 10.1 Å². The molecule has 1 heterocycles. The van der Waals surface area contributed by atoms with Crippen molar-refractivity contribution in [2.75, 3.05) is 10.6 Å². The molecule has 6 heteroatoms. The van der Waals surface area contributed by atoms with Crippen molar-refractivity contribution in [2.24, 2.45) is 0 Å². The summed E-state index contributed by atoms with van der Waals surface area (Å²) in [7, 11) is 0. The molecule has 2 aromatic rings. The number of nitrogens with one attached hydrogen (secondary N) is 2. The van der Waals surface area contributed by atoms with E-state index in [1.54, 1.807) is 36.5 Å². The van der Waals surface area contributed by atoms with Crippen LogP contribution in [0.15, 0.2) is 42.6 Å². The topological polar surface area (TPSA) is 80.3 Å². The first-order chi connectivity index (χ1) is 10.0. The molecule has 0 unspecified atom stereocenters. The predicted molar refractivity (Wildman–Crippen MR) is 79.4 cm³/mol. The van der Waals surface area contributed by atoms with Crippen LogP contribution in [0.5, 0.6) is 5.75 Å². The number of hydrogen-bond acceptors (Lipinski definition) is 4. The second kappa shape index (κ2) is 6.51. The van der Waals surface area contributed by atoms with Crippen LogP contribution in [0.4, 0.5) is 16.3 Å². The Morgan fingerprint density at radius 2 is 1.95 bits per heavy atom. The van der Waals surface area contributed by atoms with E-state index in [2.05, 4.69) is 15.6 Å². The fourth-order valence-electron chi connectivity index (χ4n) is 1.69. The van der Waals surface area contributed by atoms with Gasteiger partial charge in [-0.25, -0.2) is 9.78 Å². The van der Waals surface area contributed by atoms with Crippen molar-refractivity contribution in [3.63, 3.8) is 0 Å². The van der Waals surface area contributed by atoms with Gasteiger partial charge in [-0.1, -0.05) is 6.07 Å².